The number of pyridine rings is 1. The lowest BCUT2D eigenvalue weighted by molar-refractivity contribution is 0.561. The summed E-state index contributed by atoms with van der Waals surface area (Å²) in [6, 6.07) is 4.15. The van der Waals surface area contributed by atoms with Gasteiger partial charge in [0.1, 0.15) is 12.1 Å². The largest absolute Gasteiger partial charge is 0.363 e. The summed E-state index contributed by atoms with van der Waals surface area (Å²) in [6.45, 7) is 6.36. The first-order valence-corrected chi connectivity index (χ1v) is 5.96. The summed E-state index contributed by atoms with van der Waals surface area (Å²) in [5, 5.41) is 11.2. The maximum atomic E-state index is 4.26. The van der Waals surface area contributed by atoms with Gasteiger partial charge >= 0.3 is 0 Å². The van der Waals surface area contributed by atoms with Crippen molar-refractivity contribution in [3.8, 4) is 0 Å². The Morgan fingerprint density at radius 2 is 2.35 bits per heavy atom. The summed E-state index contributed by atoms with van der Waals surface area (Å²) >= 11 is 0. The second kappa shape index (κ2) is 3.70. The molecule has 0 spiro atoms. The predicted octanol–water partition coefficient (Wildman–Crippen LogP) is 1.20. The lowest BCUT2D eigenvalue weighted by Gasteiger charge is -2.26. The Hall–Kier alpha value is -1.62. The van der Waals surface area contributed by atoms with Gasteiger partial charge in [0.2, 0.25) is 0 Å². The van der Waals surface area contributed by atoms with E-state index in [1.807, 2.05) is 10.6 Å². The first kappa shape index (κ1) is 10.5. The van der Waals surface area contributed by atoms with Crippen molar-refractivity contribution in [2.24, 2.45) is 0 Å². The molecule has 90 valence electrons. The number of rotatable bonds is 2. The fraction of sp³-hybridized carbons (Fsp3) is 0.500. The molecule has 5 nitrogen and oxygen atoms in total. The number of fused-ring (bicyclic) bond motifs is 1. The lowest BCUT2D eigenvalue weighted by Crippen LogP contribution is -2.37. The van der Waals surface area contributed by atoms with Gasteiger partial charge < -0.3 is 10.6 Å². The molecule has 1 saturated heterocycles. The molecule has 0 amide bonds. The number of hydrogen-bond donors (Lipinski definition) is 2. The van der Waals surface area contributed by atoms with Gasteiger partial charge in [0.05, 0.1) is 0 Å². The maximum Gasteiger partial charge on any atom is 0.157 e. The SMILES string of the molecule is Cc1cc(NC2(C)CCNC2)n2ncnc2c1. The smallest absolute Gasteiger partial charge is 0.157 e. The van der Waals surface area contributed by atoms with E-state index in [4.69, 9.17) is 0 Å². The van der Waals surface area contributed by atoms with Crippen molar-refractivity contribution in [3.05, 3.63) is 24.0 Å². The summed E-state index contributed by atoms with van der Waals surface area (Å²) in [7, 11) is 0. The quantitative estimate of drug-likeness (QED) is 0.815. The highest BCUT2D eigenvalue weighted by Gasteiger charge is 2.28. The van der Waals surface area contributed by atoms with Gasteiger partial charge in [-0.25, -0.2) is 4.98 Å². The van der Waals surface area contributed by atoms with Crippen molar-refractivity contribution >= 4 is 11.5 Å². The van der Waals surface area contributed by atoms with E-state index >= 15 is 0 Å². The Morgan fingerprint density at radius 3 is 3.12 bits per heavy atom. The molecule has 0 aliphatic carbocycles. The summed E-state index contributed by atoms with van der Waals surface area (Å²) in [6.07, 6.45) is 2.71. The van der Waals surface area contributed by atoms with Crippen molar-refractivity contribution in [2.75, 3.05) is 18.4 Å². The van der Waals surface area contributed by atoms with E-state index in [9.17, 15) is 0 Å². The Bertz CT molecular complexity index is 539. The summed E-state index contributed by atoms with van der Waals surface area (Å²) in [4.78, 5) is 4.23. The van der Waals surface area contributed by atoms with E-state index in [0.29, 0.717) is 0 Å². The summed E-state index contributed by atoms with van der Waals surface area (Å²) in [5.41, 5.74) is 2.19. The van der Waals surface area contributed by atoms with E-state index in [1.54, 1.807) is 6.33 Å². The highest BCUT2D eigenvalue weighted by molar-refractivity contribution is 5.52. The van der Waals surface area contributed by atoms with Gasteiger partial charge in [-0.05, 0) is 44.5 Å². The molecule has 1 aliphatic heterocycles. The molecule has 0 bridgehead atoms. The number of nitrogens with zero attached hydrogens (tertiary/aromatic N) is 3. The molecule has 17 heavy (non-hydrogen) atoms. The Labute approximate surface area is 100 Å². The third kappa shape index (κ3) is 1.86. The standard InChI is InChI=1S/C12H17N5/c1-9-5-10-14-8-15-17(10)11(6-9)16-12(2)3-4-13-7-12/h5-6,8,13,16H,3-4,7H2,1-2H3. The molecular weight excluding hydrogens is 214 g/mol. The fourth-order valence-corrected chi connectivity index (χ4v) is 2.38. The highest BCUT2D eigenvalue weighted by Crippen LogP contribution is 2.22. The molecule has 3 rings (SSSR count). The van der Waals surface area contributed by atoms with E-state index < -0.39 is 0 Å². The minimum atomic E-state index is 0.104. The van der Waals surface area contributed by atoms with Crippen molar-refractivity contribution in [1.29, 1.82) is 0 Å². The second-order valence-electron chi connectivity index (χ2n) is 5.06. The average Bonchev–Trinajstić information content (AvgIpc) is 2.86. The molecule has 1 aliphatic rings. The van der Waals surface area contributed by atoms with Gasteiger partial charge in [-0.15, -0.1) is 0 Å². The van der Waals surface area contributed by atoms with Crippen molar-refractivity contribution < 1.29 is 0 Å². The maximum absolute atomic E-state index is 4.26. The van der Waals surface area contributed by atoms with Crippen molar-refractivity contribution in [3.63, 3.8) is 0 Å². The molecule has 0 radical (unpaired) electrons. The van der Waals surface area contributed by atoms with Crippen molar-refractivity contribution in [2.45, 2.75) is 25.8 Å². The molecule has 2 aromatic heterocycles. The molecule has 0 aromatic carbocycles. The zero-order valence-electron chi connectivity index (χ0n) is 10.2. The topological polar surface area (TPSA) is 54.2 Å². The van der Waals surface area contributed by atoms with Gasteiger partial charge in [-0.2, -0.15) is 9.61 Å². The molecule has 2 N–H and O–H groups in total. The van der Waals surface area contributed by atoms with Crippen LogP contribution in [0.4, 0.5) is 5.82 Å². The zero-order valence-corrected chi connectivity index (χ0v) is 10.2. The van der Waals surface area contributed by atoms with Gasteiger partial charge in [-0.3, -0.25) is 0 Å². The van der Waals surface area contributed by atoms with Crippen LogP contribution in [0.5, 0.6) is 0 Å². The zero-order chi connectivity index (χ0) is 11.9. The van der Waals surface area contributed by atoms with E-state index in [-0.39, 0.29) is 5.54 Å². The third-order valence-corrected chi connectivity index (χ3v) is 3.32. The van der Waals surface area contributed by atoms with Crippen LogP contribution in [0, 0.1) is 6.92 Å². The molecule has 3 heterocycles. The van der Waals surface area contributed by atoms with Crippen LogP contribution in [0.25, 0.3) is 5.65 Å². The van der Waals surface area contributed by atoms with Crippen LogP contribution in [0.2, 0.25) is 0 Å². The second-order valence-corrected chi connectivity index (χ2v) is 5.06. The van der Waals surface area contributed by atoms with Crippen LogP contribution in [-0.4, -0.2) is 33.2 Å². The minimum Gasteiger partial charge on any atom is -0.363 e. The van der Waals surface area contributed by atoms with E-state index in [2.05, 4.69) is 40.6 Å². The van der Waals surface area contributed by atoms with Gasteiger partial charge in [0.15, 0.2) is 5.65 Å². The third-order valence-electron chi connectivity index (χ3n) is 3.32. The van der Waals surface area contributed by atoms with Gasteiger partial charge in [0.25, 0.3) is 0 Å². The number of aromatic nitrogens is 3. The summed E-state index contributed by atoms with van der Waals surface area (Å²) < 4.78 is 1.86. The molecule has 0 saturated carbocycles. The molecule has 1 fully saturated rings. The molecular formula is C12H17N5. The Kier molecular flexibility index (Phi) is 2.29. The first-order valence-electron chi connectivity index (χ1n) is 5.96. The summed E-state index contributed by atoms with van der Waals surface area (Å²) in [5.74, 6) is 1.02. The molecule has 1 atom stereocenters. The Balaban J connectivity index is 2.01. The predicted molar refractivity (Wildman–Crippen MR) is 67.2 cm³/mol. The normalized spacial score (nSPS) is 24.4. The van der Waals surface area contributed by atoms with Crippen LogP contribution < -0.4 is 10.6 Å². The monoisotopic (exact) mass is 231 g/mol. The number of anilines is 1. The highest BCUT2D eigenvalue weighted by atomic mass is 15.3. The number of hydrogen-bond acceptors (Lipinski definition) is 4. The van der Waals surface area contributed by atoms with Crippen LogP contribution in [0.3, 0.4) is 0 Å². The molecule has 5 heteroatoms. The minimum absolute atomic E-state index is 0.104. The number of aryl methyl sites for hydroxylation is 1. The lowest BCUT2D eigenvalue weighted by atomic mass is 10.0. The Morgan fingerprint density at radius 1 is 1.47 bits per heavy atom. The van der Waals surface area contributed by atoms with Crippen LogP contribution in [0.1, 0.15) is 18.9 Å². The molecule has 2 aromatic rings. The molecule has 1 unspecified atom stereocenters. The first-order chi connectivity index (χ1) is 8.16. The van der Waals surface area contributed by atoms with Crippen LogP contribution in [-0.2, 0) is 0 Å². The van der Waals surface area contributed by atoms with Gasteiger partial charge in [-0.1, -0.05) is 0 Å². The fourth-order valence-electron chi connectivity index (χ4n) is 2.38. The van der Waals surface area contributed by atoms with Crippen LogP contribution >= 0.6 is 0 Å². The van der Waals surface area contributed by atoms with E-state index in [1.165, 1.54) is 5.56 Å². The average molecular weight is 231 g/mol. The van der Waals surface area contributed by atoms with E-state index in [0.717, 1.165) is 31.0 Å². The van der Waals surface area contributed by atoms with Crippen molar-refractivity contribution in [1.82, 2.24) is 19.9 Å². The van der Waals surface area contributed by atoms with Gasteiger partial charge in [0, 0.05) is 12.1 Å². The number of nitrogens with one attached hydrogen (secondary N) is 2. The van der Waals surface area contributed by atoms with Crippen LogP contribution in [0.15, 0.2) is 18.5 Å².